The average Bonchev–Trinajstić information content (AvgIpc) is 3.21. The third kappa shape index (κ3) is 3.40. The molecule has 3 rings (SSSR count). The van der Waals surface area contributed by atoms with Crippen molar-refractivity contribution in [1.29, 1.82) is 0 Å². The lowest BCUT2D eigenvalue weighted by Gasteiger charge is -2.14. The van der Waals surface area contributed by atoms with E-state index in [2.05, 4.69) is 5.32 Å². The van der Waals surface area contributed by atoms with Crippen LogP contribution in [0.3, 0.4) is 0 Å². The summed E-state index contributed by atoms with van der Waals surface area (Å²) in [5, 5.41) is 2.99. The number of aromatic nitrogens is 1. The van der Waals surface area contributed by atoms with Crippen molar-refractivity contribution >= 4 is 17.0 Å². The largest absolute Gasteiger partial charge is 0.493 e. The van der Waals surface area contributed by atoms with E-state index in [1.54, 1.807) is 26.5 Å². The van der Waals surface area contributed by atoms with Crippen LogP contribution in [0.4, 0.5) is 0 Å². The van der Waals surface area contributed by atoms with Gasteiger partial charge in [-0.25, -0.2) is 0 Å². The third-order valence-corrected chi connectivity index (χ3v) is 4.36. The third-order valence-electron chi connectivity index (χ3n) is 4.36. The van der Waals surface area contributed by atoms with E-state index in [0.717, 1.165) is 16.7 Å². The summed E-state index contributed by atoms with van der Waals surface area (Å²) < 4.78 is 18.0. The lowest BCUT2D eigenvalue weighted by molar-refractivity contribution is 0.0944. The van der Waals surface area contributed by atoms with Crippen LogP contribution >= 0.6 is 0 Å². The average molecular weight is 356 g/mol. The Morgan fingerprint density at radius 3 is 2.62 bits per heavy atom. The summed E-state index contributed by atoms with van der Waals surface area (Å²) in [5.41, 5.74) is 3.34. The minimum Gasteiger partial charge on any atom is -0.493 e. The predicted molar refractivity (Wildman–Crippen MR) is 100 cm³/mol. The van der Waals surface area contributed by atoms with E-state index in [1.165, 1.54) is 0 Å². The number of nitrogens with one attached hydrogen (secondary N) is 1. The topological polar surface area (TPSA) is 65.6 Å². The molecule has 0 aliphatic heterocycles. The Bertz CT molecular complexity index is 908. The van der Waals surface area contributed by atoms with E-state index in [0.29, 0.717) is 30.2 Å². The number of carbonyl (C=O) groups excluding carboxylic acids is 1. The number of hydrogen-bond acceptors (Lipinski definition) is 4. The van der Waals surface area contributed by atoms with Crippen LogP contribution < -0.4 is 14.8 Å². The molecule has 0 aliphatic carbocycles. The zero-order valence-corrected chi connectivity index (χ0v) is 15.5. The van der Waals surface area contributed by atoms with Gasteiger partial charge in [-0.05, 0) is 38.0 Å². The number of nitrogens with zero attached hydrogens (tertiary/aromatic N) is 1. The standard InChI is InChI=1S/C20H24N2O4/c1-13(2)22-15-8-10-26-18(15)12-16(22)20(23)21-9-7-14-5-6-17(24-3)19(11-14)25-4/h5-6,8,10-13H,7,9H2,1-4H3,(H,21,23). The van der Waals surface area contributed by atoms with Crippen LogP contribution in [-0.4, -0.2) is 31.2 Å². The zero-order chi connectivity index (χ0) is 18.7. The van der Waals surface area contributed by atoms with Gasteiger partial charge in [0.1, 0.15) is 5.69 Å². The second kappa shape index (κ2) is 7.56. The van der Waals surface area contributed by atoms with Crippen LogP contribution in [0.1, 0.15) is 35.9 Å². The Kier molecular flexibility index (Phi) is 5.21. The molecule has 0 fully saturated rings. The number of methoxy groups -OCH3 is 2. The van der Waals surface area contributed by atoms with E-state index in [9.17, 15) is 4.79 Å². The molecular formula is C20H24N2O4. The Morgan fingerprint density at radius 1 is 1.15 bits per heavy atom. The van der Waals surface area contributed by atoms with E-state index < -0.39 is 0 Å². The number of carbonyl (C=O) groups is 1. The zero-order valence-electron chi connectivity index (χ0n) is 15.5. The van der Waals surface area contributed by atoms with Crippen molar-refractivity contribution in [1.82, 2.24) is 9.88 Å². The molecule has 0 spiro atoms. The molecule has 0 radical (unpaired) electrons. The number of hydrogen-bond donors (Lipinski definition) is 1. The summed E-state index contributed by atoms with van der Waals surface area (Å²) in [6.07, 6.45) is 2.34. The molecular weight excluding hydrogens is 332 g/mol. The maximum Gasteiger partial charge on any atom is 0.268 e. The SMILES string of the molecule is COc1ccc(CCNC(=O)c2cc3occc3n2C(C)C)cc1OC. The first-order valence-electron chi connectivity index (χ1n) is 8.62. The summed E-state index contributed by atoms with van der Waals surface area (Å²) in [7, 11) is 3.22. The van der Waals surface area contributed by atoms with Gasteiger partial charge in [-0.3, -0.25) is 4.79 Å². The summed E-state index contributed by atoms with van der Waals surface area (Å²) >= 11 is 0. The van der Waals surface area contributed by atoms with Gasteiger partial charge >= 0.3 is 0 Å². The van der Waals surface area contributed by atoms with E-state index in [-0.39, 0.29) is 11.9 Å². The summed E-state index contributed by atoms with van der Waals surface area (Å²) in [4.78, 5) is 12.6. The van der Waals surface area contributed by atoms with Crippen molar-refractivity contribution in [2.45, 2.75) is 26.3 Å². The normalized spacial score (nSPS) is 11.1. The van der Waals surface area contributed by atoms with Gasteiger partial charge < -0.3 is 23.8 Å². The van der Waals surface area contributed by atoms with Crippen molar-refractivity contribution in [3.05, 3.63) is 47.9 Å². The fourth-order valence-corrected chi connectivity index (χ4v) is 3.12. The van der Waals surface area contributed by atoms with Gasteiger partial charge in [-0.15, -0.1) is 0 Å². The number of rotatable bonds is 7. The summed E-state index contributed by atoms with van der Waals surface area (Å²) in [5.74, 6) is 1.27. The van der Waals surface area contributed by atoms with Gasteiger partial charge in [0.15, 0.2) is 17.1 Å². The molecule has 0 saturated carbocycles. The molecule has 138 valence electrons. The van der Waals surface area contributed by atoms with Crippen LogP contribution in [0, 0.1) is 0 Å². The lowest BCUT2D eigenvalue weighted by atomic mass is 10.1. The highest BCUT2D eigenvalue weighted by molar-refractivity contribution is 5.97. The van der Waals surface area contributed by atoms with E-state index in [4.69, 9.17) is 13.9 Å². The van der Waals surface area contributed by atoms with Crippen LogP contribution in [0.5, 0.6) is 11.5 Å². The molecule has 0 bridgehead atoms. The van der Waals surface area contributed by atoms with Gasteiger partial charge in [-0.1, -0.05) is 6.07 Å². The first kappa shape index (κ1) is 17.9. The first-order chi connectivity index (χ1) is 12.5. The molecule has 0 atom stereocenters. The Balaban J connectivity index is 1.68. The maximum absolute atomic E-state index is 12.6. The smallest absolute Gasteiger partial charge is 0.268 e. The lowest BCUT2D eigenvalue weighted by Crippen LogP contribution is -2.28. The second-order valence-corrected chi connectivity index (χ2v) is 6.36. The summed E-state index contributed by atoms with van der Waals surface area (Å²) in [6.45, 7) is 4.62. The van der Waals surface area contributed by atoms with Crippen molar-refractivity contribution in [2.24, 2.45) is 0 Å². The quantitative estimate of drug-likeness (QED) is 0.699. The molecule has 6 nitrogen and oxygen atoms in total. The number of furan rings is 1. The summed E-state index contributed by atoms with van der Waals surface area (Å²) in [6, 6.07) is 9.61. The predicted octanol–water partition coefficient (Wildman–Crippen LogP) is 3.80. The molecule has 2 heterocycles. The Labute approximate surface area is 152 Å². The minimum atomic E-state index is -0.106. The molecule has 26 heavy (non-hydrogen) atoms. The van der Waals surface area contributed by atoms with Crippen molar-refractivity contribution in [3.63, 3.8) is 0 Å². The van der Waals surface area contributed by atoms with Crippen LogP contribution in [0.15, 0.2) is 41.0 Å². The first-order valence-corrected chi connectivity index (χ1v) is 8.62. The van der Waals surface area contributed by atoms with Gasteiger partial charge in [0.2, 0.25) is 0 Å². The van der Waals surface area contributed by atoms with E-state index >= 15 is 0 Å². The molecule has 3 aromatic rings. The molecule has 0 aliphatic rings. The molecule has 6 heteroatoms. The monoisotopic (exact) mass is 356 g/mol. The molecule has 1 N–H and O–H groups in total. The van der Waals surface area contributed by atoms with Crippen molar-refractivity contribution in [2.75, 3.05) is 20.8 Å². The number of amides is 1. The van der Waals surface area contributed by atoms with Gasteiger partial charge in [-0.2, -0.15) is 0 Å². The van der Waals surface area contributed by atoms with Crippen LogP contribution in [0.2, 0.25) is 0 Å². The highest BCUT2D eigenvalue weighted by Crippen LogP contribution is 2.28. The minimum absolute atomic E-state index is 0.106. The molecule has 2 aromatic heterocycles. The van der Waals surface area contributed by atoms with Crippen molar-refractivity contribution in [3.8, 4) is 11.5 Å². The highest BCUT2D eigenvalue weighted by atomic mass is 16.5. The maximum atomic E-state index is 12.6. The Hall–Kier alpha value is -2.89. The van der Waals surface area contributed by atoms with Crippen LogP contribution in [0.25, 0.3) is 11.1 Å². The molecule has 1 aromatic carbocycles. The molecule has 1 amide bonds. The Morgan fingerprint density at radius 2 is 1.92 bits per heavy atom. The van der Waals surface area contributed by atoms with Gasteiger partial charge in [0.05, 0.1) is 26.0 Å². The van der Waals surface area contributed by atoms with E-state index in [1.807, 2.05) is 42.7 Å². The van der Waals surface area contributed by atoms with Gasteiger partial charge in [0.25, 0.3) is 5.91 Å². The molecule has 0 saturated heterocycles. The number of fused-ring (bicyclic) bond motifs is 1. The molecule has 0 unspecified atom stereocenters. The highest BCUT2D eigenvalue weighted by Gasteiger charge is 2.18. The van der Waals surface area contributed by atoms with Crippen LogP contribution in [-0.2, 0) is 6.42 Å². The number of ether oxygens (including phenoxy) is 2. The second-order valence-electron chi connectivity index (χ2n) is 6.36. The fraction of sp³-hybridized carbons (Fsp3) is 0.350. The fourth-order valence-electron chi connectivity index (χ4n) is 3.12. The number of benzene rings is 1. The van der Waals surface area contributed by atoms with Gasteiger partial charge in [0, 0.05) is 24.7 Å². The van der Waals surface area contributed by atoms with Crippen molar-refractivity contribution < 1.29 is 18.7 Å².